The number of ether oxygens (including phenoxy) is 3. The summed E-state index contributed by atoms with van der Waals surface area (Å²) >= 11 is 0. The summed E-state index contributed by atoms with van der Waals surface area (Å²) in [5, 5.41) is 29.0. The van der Waals surface area contributed by atoms with Gasteiger partial charge in [0.25, 0.3) is 11.2 Å². The molecule has 250 valence electrons. The number of rotatable bonds is 11. The lowest BCUT2D eigenvalue weighted by atomic mass is 9.68. The van der Waals surface area contributed by atoms with Crippen molar-refractivity contribution in [3.63, 3.8) is 0 Å². The molecule has 1 aliphatic rings. The maximum atomic E-state index is 13.2. The van der Waals surface area contributed by atoms with Gasteiger partial charge in [-0.1, -0.05) is 6.58 Å². The number of hydrogen-bond donors (Lipinski definition) is 3. The molecule has 0 aliphatic heterocycles. The second kappa shape index (κ2) is 12.2. The average Bonchev–Trinajstić information content (AvgIpc) is 2.77. The molecule has 3 atom stereocenters. The van der Waals surface area contributed by atoms with Crippen molar-refractivity contribution in [1.29, 1.82) is 0 Å². The molecule has 0 amide bonds. The molecule has 1 saturated carbocycles. The normalized spacial score (nSPS) is 23.2. The van der Waals surface area contributed by atoms with Crippen molar-refractivity contribution in [2.24, 2.45) is 11.8 Å². The molecule has 0 radical (unpaired) electrons. The minimum atomic E-state index is -6.20. The molecular formula is C24H34F12O6. The Hall–Kier alpha value is -1.34. The summed E-state index contributed by atoms with van der Waals surface area (Å²) in [6.45, 7) is 4.48. The van der Waals surface area contributed by atoms with Crippen molar-refractivity contribution in [2.75, 3.05) is 13.2 Å². The van der Waals surface area contributed by atoms with Crippen LogP contribution in [0, 0.1) is 11.8 Å². The molecule has 3 N–H and O–H groups in total. The molecule has 0 bridgehead atoms. The molecule has 0 aromatic carbocycles. The van der Waals surface area contributed by atoms with Crippen LogP contribution in [-0.4, -0.2) is 88.0 Å². The van der Waals surface area contributed by atoms with Crippen molar-refractivity contribution >= 4 is 0 Å². The van der Waals surface area contributed by atoms with E-state index in [0.29, 0.717) is 0 Å². The molecule has 18 heteroatoms. The summed E-state index contributed by atoms with van der Waals surface area (Å²) in [5.74, 6) is -2.20. The van der Waals surface area contributed by atoms with E-state index < -0.39 is 84.6 Å². The largest absolute Gasteiger partial charge is 0.428 e. The lowest BCUT2D eigenvalue weighted by Crippen LogP contribution is -2.62. The molecule has 42 heavy (non-hydrogen) atoms. The summed E-state index contributed by atoms with van der Waals surface area (Å²) in [4.78, 5) is 0. The van der Waals surface area contributed by atoms with Gasteiger partial charge in [0.2, 0.25) is 0 Å². The Labute approximate surface area is 233 Å². The van der Waals surface area contributed by atoms with Gasteiger partial charge < -0.3 is 29.5 Å². The second-order valence-electron chi connectivity index (χ2n) is 11.6. The Balaban J connectivity index is 3.37. The molecule has 3 unspecified atom stereocenters. The highest BCUT2D eigenvalue weighted by Gasteiger charge is 2.72. The van der Waals surface area contributed by atoms with Gasteiger partial charge in [0.05, 0.1) is 30.5 Å². The summed E-state index contributed by atoms with van der Waals surface area (Å²) < 4.78 is 173. The molecule has 1 rings (SSSR count). The minimum Gasteiger partial charge on any atom is -0.372 e. The first-order valence-corrected chi connectivity index (χ1v) is 12.3. The molecule has 1 fully saturated rings. The van der Waals surface area contributed by atoms with E-state index in [1.165, 1.54) is 6.92 Å². The topological polar surface area (TPSA) is 88.4 Å². The lowest BCUT2D eigenvalue weighted by molar-refractivity contribution is -0.384. The third-order valence-corrected chi connectivity index (χ3v) is 7.56. The quantitative estimate of drug-likeness (QED) is 0.145. The van der Waals surface area contributed by atoms with Crippen LogP contribution in [0.1, 0.15) is 53.9 Å². The van der Waals surface area contributed by atoms with E-state index in [1.807, 2.05) is 0 Å². The van der Waals surface area contributed by atoms with Crippen LogP contribution in [0.15, 0.2) is 12.2 Å². The van der Waals surface area contributed by atoms with Gasteiger partial charge >= 0.3 is 24.7 Å². The number of aliphatic hydroxyl groups excluding tert-OH is 1. The molecule has 0 saturated heterocycles. The predicted molar refractivity (Wildman–Crippen MR) is 121 cm³/mol. The molecular weight excluding hydrogens is 612 g/mol. The zero-order chi connectivity index (χ0) is 33.5. The Morgan fingerprint density at radius 2 is 0.952 bits per heavy atom. The fourth-order valence-electron chi connectivity index (χ4n) is 4.28. The van der Waals surface area contributed by atoms with Gasteiger partial charge in [0.15, 0.2) is 6.29 Å². The zero-order valence-electron chi connectivity index (χ0n) is 23.2. The molecule has 0 aromatic heterocycles. The Morgan fingerprint density at radius 1 is 0.667 bits per heavy atom. The predicted octanol–water partition coefficient (Wildman–Crippen LogP) is 5.98. The highest BCUT2D eigenvalue weighted by atomic mass is 19.4. The third kappa shape index (κ3) is 8.43. The van der Waals surface area contributed by atoms with Crippen molar-refractivity contribution in [3.8, 4) is 0 Å². The van der Waals surface area contributed by atoms with Crippen LogP contribution >= 0.6 is 0 Å². The lowest BCUT2D eigenvalue weighted by Gasteiger charge is -2.48. The van der Waals surface area contributed by atoms with Crippen LogP contribution in [0.5, 0.6) is 0 Å². The van der Waals surface area contributed by atoms with E-state index in [2.05, 4.69) is 6.58 Å². The van der Waals surface area contributed by atoms with Crippen molar-refractivity contribution in [2.45, 2.75) is 113 Å². The van der Waals surface area contributed by atoms with Crippen LogP contribution in [0.25, 0.3) is 0 Å². The van der Waals surface area contributed by atoms with Gasteiger partial charge in [-0.3, -0.25) is 0 Å². The van der Waals surface area contributed by atoms with E-state index in [1.54, 1.807) is 0 Å². The second-order valence-corrected chi connectivity index (χ2v) is 11.6. The Morgan fingerprint density at radius 3 is 1.19 bits per heavy atom. The van der Waals surface area contributed by atoms with E-state index in [9.17, 15) is 68.0 Å². The number of halogens is 12. The van der Waals surface area contributed by atoms with Crippen LogP contribution in [0.2, 0.25) is 0 Å². The van der Waals surface area contributed by atoms with Gasteiger partial charge in [-0.25, -0.2) is 0 Å². The average molecular weight is 647 g/mol. The van der Waals surface area contributed by atoms with E-state index in [-0.39, 0.29) is 24.8 Å². The van der Waals surface area contributed by atoms with Gasteiger partial charge in [-0.05, 0) is 71.3 Å². The first-order valence-electron chi connectivity index (χ1n) is 12.3. The number of hydrogen-bond acceptors (Lipinski definition) is 6. The summed E-state index contributed by atoms with van der Waals surface area (Å²) in [7, 11) is 0. The Bertz CT molecular complexity index is 833. The van der Waals surface area contributed by atoms with Gasteiger partial charge in [-0.15, -0.1) is 0 Å². The first kappa shape index (κ1) is 38.7. The van der Waals surface area contributed by atoms with Crippen molar-refractivity contribution in [3.05, 3.63) is 12.2 Å². The van der Waals surface area contributed by atoms with Crippen LogP contribution < -0.4 is 0 Å². The van der Waals surface area contributed by atoms with Crippen molar-refractivity contribution in [1.82, 2.24) is 0 Å². The van der Waals surface area contributed by atoms with E-state index in [0.717, 1.165) is 27.7 Å². The molecule has 6 nitrogen and oxygen atoms in total. The Kier molecular flexibility index (Phi) is 11.3. The zero-order valence-corrected chi connectivity index (χ0v) is 23.2. The molecule has 0 spiro atoms. The standard InChI is InChI=1S/C24H34F12O6/c1-12(2)16(37)42-15-8-13(17(3,4)40-10-19(38,21(25,26)27)22(28,29)30)7-14(9-15)18(5,6)41-11-20(39,23(31,32)33)24(34,35)36/h13-16,37-39H,1,7-11H2,2-6H3. The van der Waals surface area contributed by atoms with Gasteiger partial charge in [0, 0.05) is 0 Å². The fraction of sp³-hybridized carbons (Fsp3) is 0.917. The monoisotopic (exact) mass is 646 g/mol. The summed E-state index contributed by atoms with van der Waals surface area (Å²) in [6, 6.07) is 0. The molecule has 0 aromatic rings. The summed E-state index contributed by atoms with van der Waals surface area (Å²) in [6.07, 6.45) is -28.3. The third-order valence-electron chi connectivity index (χ3n) is 7.56. The first-order chi connectivity index (χ1) is 18.3. The van der Waals surface area contributed by atoms with Crippen LogP contribution in [0.4, 0.5) is 52.7 Å². The smallest absolute Gasteiger partial charge is 0.372 e. The number of alkyl halides is 12. The summed E-state index contributed by atoms with van der Waals surface area (Å²) in [5.41, 5.74) is -14.3. The van der Waals surface area contributed by atoms with E-state index >= 15 is 0 Å². The van der Waals surface area contributed by atoms with Crippen molar-refractivity contribution < 1.29 is 82.2 Å². The highest BCUT2D eigenvalue weighted by Crippen LogP contribution is 2.49. The van der Waals surface area contributed by atoms with Gasteiger partial charge in [-0.2, -0.15) is 52.7 Å². The minimum absolute atomic E-state index is 0.0699. The van der Waals surface area contributed by atoms with Crippen LogP contribution in [-0.2, 0) is 14.2 Å². The van der Waals surface area contributed by atoms with Crippen LogP contribution in [0.3, 0.4) is 0 Å². The highest BCUT2D eigenvalue weighted by molar-refractivity contribution is 5.00. The maximum Gasteiger partial charge on any atom is 0.428 e. The maximum absolute atomic E-state index is 13.2. The molecule has 1 aliphatic carbocycles. The number of aliphatic hydroxyl groups is 3. The SMILES string of the molecule is C=C(C)C(O)OC1CC(C(C)(C)OCC(O)(C(F)(F)F)C(F)(F)F)CC(C(C)(C)OCC(O)(C(F)(F)F)C(F)(F)F)C1. The van der Waals surface area contributed by atoms with Gasteiger partial charge in [0.1, 0.15) is 0 Å². The fourth-order valence-corrected chi connectivity index (χ4v) is 4.28. The van der Waals surface area contributed by atoms with E-state index in [4.69, 9.17) is 14.2 Å². The molecule has 0 heterocycles.